The third-order valence-corrected chi connectivity index (χ3v) is 9.96. The standard InChI is InChI=1S/C49H31N3O/c1-4-13-34(14-5-1)39-21-12-22-42-44-31-43(40-19-10-11-20-41(40)46(44)53-45(39)42)35-27-23-32(24-28-35)33-25-29-38(30-26-33)49-51-47(36-15-6-2-7-16-36)50-48(52-49)37-17-8-3-9-18-37/h1-31H. The van der Waals surface area contributed by atoms with Crippen LogP contribution in [0.2, 0.25) is 0 Å². The van der Waals surface area contributed by atoms with Crippen LogP contribution in [0.15, 0.2) is 192 Å². The Bertz CT molecular complexity index is 2840. The second kappa shape index (κ2) is 12.9. The van der Waals surface area contributed by atoms with Crippen molar-refractivity contribution in [3.8, 4) is 67.5 Å². The van der Waals surface area contributed by atoms with Gasteiger partial charge in [-0.3, -0.25) is 0 Å². The van der Waals surface area contributed by atoms with Crippen molar-refractivity contribution < 1.29 is 4.42 Å². The van der Waals surface area contributed by atoms with Crippen molar-refractivity contribution in [2.24, 2.45) is 0 Å². The van der Waals surface area contributed by atoms with E-state index >= 15 is 0 Å². The van der Waals surface area contributed by atoms with Crippen LogP contribution in [0, 0.1) is 0 Å². The van der Waals surface area contributed by atoms with Crippen molar-refractivity contribution >= 4 is 32.7 Å². The van der Waals surface area contributed by atoms with E-state index in [-0.39, 0.29) is 0 Å². The Hall–Kier alpha value is -7.17. The molecule has 4 heteroatoms. The molecule has 0 amide bonds. The molecule has 0 saturated carbocycles. The van der Waals surface area contributed by atoms with Crippen molar-refractivity contribution in [1.29, 1.82) is 0 Å². The molecular weight excluding hydrogens is 647 g/mol. The summed E-state index contributed by atoms with van der Waals surface area (Å²) >= 11 is 0. The van der Waals surface area contributed by atoms with Crippen molar-refractivity contribution in [2.75, 3.05) is 0 Å². The molecule has 0 aliphatic carbocycles. The third-order valence-electron chi connectivity index (χ3n) is 9.96. The summed E-state index contributed by atoms with van der Waals surface area (Å²) in [4.78, 5) is 14.6. The summed E-state index contributed by atoms with van der Waals surface area (Å²) in [7, 11) is 0. The smallest absolute Gasteiger partial charge is 0.164 e. The number of para-hydroxylation sites is 1. The molecule has 10 aromatic rings. The first-order valence-electron chi connectivity index (χ1n) is 17.8. The summed E-state index contributed by atoms with van der Waals surface area (Å²) in [6.45, 7) is 0. The molecule has 53 heavy (non-hydrogen) atoms. The normalized spacial score (nSPS) is 11.4. The SMILES string of the molecule is c1ccc(-c2nc(-c3ccccc3)nc(-c3ccc(-c4ccc(-c5cc6c7cccc(-c8ccccc8)c7oc6c6ccccc56)cc4)cc3)n2)cc1. The summed E-state index contributed by atoms with van der Waals surface area (Å²) in [5.41, 5.74) is 11.5. The van der Waals surface area contributed by atoms with Crippen LogP contribution in [-0.4, -0.2) is 15.0 Å². The third kappa shape index (κ3) is 5.54. The zero-order chi connectivity index (χ0) is 35.1. The van der Waals surface area contributed by atoms with Gasteiger partial charge >= 0.3 is 0 Å². The highest BCUT2D eigenvalue weighted by atomic mass is 16.3. The van der Waals surface area contributed by atoms with Gasteiger partial charge in [-0.05, 0) is 39.3 Å². The number of benzene rings is 8. The number of nitrogens with zero attached hydrogens (tertiary/aromatic N) is 3. The number of aromatic nitrogens is 3. The van der Waals surface area contributed by atoms with E-state index < -0.39 is 0 Å². The highest BCUT2D eigenvalue weighted by Crippen LogP contribution is 2.42. The lowest BCUT2D eigenvalue weighted by atomic mass is 9.93. The van der Waals surface area contributed by atoms with Crippen molar-refractivity contribution in [3.63, 3.8) is 0 Å². The van der Waals surface area contributed by atoms with Crippen LogP contribution in [0.4, 0.5) is 0 Å². The van der Waals surface area contributed by atoms with Crippen LogP contribution < -0.4 is 0 Å². The van der Waals surface area contributed by atoms with E-state index in [1.807, 2.05) is 66.7 Å². The van der Waals surface area contributed by atoms with E-state index in [0.717, 1.165) is 71.8 Å². The van der Waals surface area contributed by atoms with Gasteiger partial charge in [0.1, 0.15) is 11.2 Å². The highest BCUT2D eigenvalue weighted by Gasteiger charge is 2.18. The number of hydrogen-bond donors (Lipinski definition) is 0. The summed E-state index contributed by atoms with van der Waals surface area (Å²) in [5.74, 6) is 1.95. The molecule has 248 valence electrons. The molecule has 0 aliphatic heterocycles. The molecule has 0 radical (unpaired) electrons. The topological polar surface area (TPSA) is 51.8 Å². The van der Waals surface area contributed by atoms with Gasteiger partial charge < -0.3 is 4.42 Å². The quantitative estimate of drug-likeness (QED) is 0.176. The minimum absolute atomic E-state index is 0.643. The molecular formula is C49H31N3O. The molecule has 2 heterocycles. The Balaban J connectivity index is 1.01. The fourth-order valence-corrected chi connectivity index (χ4v) is 7.30. The maximum absolute atomic E-state index is 6.71. The summed E-state index contributed by atoms with van der Waals surface area (Å²) < 4.78 is 6.71. The Labute approximate surface area is 306 Å². The first-order chi connectivity index (χ1) is 26.3. The second-order valence-electron chi connectivity index (χ2n) is 13.2. The van der Waals surface area contributed by atoms with Crippen LogP contribution in [-0.2, 0) is 0 Å². The Morgan fingerprint density at radius 2 is 0.660 bits per heavy atom. The lowest BCUT2D eigenvalue weighted by molar-refractivity contribution is 0.674. The molecule has 10 rings (SSSR count). The fraction of sp³-hybridized carbons (Fsp3) is 0. The van der Waals surface area contributed by atoms with Crippen LogP contribution in [0.5, 0.6) is 0 Å². The predicted molar refractivity (Wildman–Crippen MR) is 217 cm³/mol. The van der Waals surface area contributed by atoms with Crippen molar-refractivity contribution in [2.45, 2.75) is 0 Å². The molecule has 0 atom stereocenters. The van der Waals surface area contributed by atoms with Gasteiger partial charge in [-0.2, -0.15) is 0 Å². The van der Waals surface area contributed by atoms with Gasteiger partial charge in [-0.15, -0.1) is 0 Å². The van der Waals surface area contributed by atoms with Crippen LogP contribution in [0.25, 0.3) is 100 Å². The summed E-state index contributed by atoms with van der Waals surface area (Å²) in [5, 5.41) is 4.52. The molecule has 4 nitrogen and oxygen atoms in total. The minimum Gasteiger partial charge on any atom is -0.455 e. The minimum atomic E-state index is 0.643. The molecule has 2 aromatic heterocycles. The van der Waals surface area contributed by atoms with E-state index in [0.29, 0.717) is 17.5 Å². The highest BCUT2D eigenvalue weighted by molar-refractivity contribution is 6.20. The first-order valence-corrected chi connectivity index (χ1v) is 17.8. The van der Waals surface area contributed by atoms with E-state index in [9.17, 15) is 0 Å². The second-order valence-corrected chi connectivity index (χ2v) is 13.2. The van der Waals surface area contributed by atoms with Gasteiger partial charge in [-0.25, -0.2) is 15.0 Å². The lowest BCUT2D eigenvalue weighted by Crippen LogP contribution is -2.00. The molecule has 8 aromatic carbocycles. The monoisotopic (exact) mass is 677 g/mol. The number of rotatable bonds is 6. The Morgan fingerprint density at radius 3 is 1.23 bits per heavy atom. The van der Waals surface area contributed by atoms with Crippen molar-refractivity contribution in [3.05, 3.63) is 188 Å². The average molecular weight is 678 g/mol. The zero-order valence-corrected chi connectivity index (χ0v) is 28.6. The molecule has 0 bridgehead atoms. The first kappa shape index (κ1) is 30.6. The van der Waals surface area contributed by atoms with Crippen LogP contribution >= 0.6 is 0 Å². The zero-order valence-electron chi connectivity index (χ0n) is 28.6. The molecule has 0 saturated heterocycles. The van der Waals surface area contributed by atoms with Gasteiger partial charge in [0.2, 0.25) is 0 Å². The number of fused-ring (bicyclic) bond motifs is 5. The number of hydrogen-bond acceptors (Lipinski definition) is 4. The predicted octanol–water partition coefficient (Wildman–Crippen LogP) is 12.9. The maximum Gasteiger partial charge on any atom is 0.164 e. The van der Waals surface area contributed by atoms with Gasteiger partial charge in [0.15, 0.2) is 17.5 Å². The Morgan fingerprint density at radius 1 is 0.264 bits per heavy atom. The largest absolute Gasteiger partial charge is 0.455 e. The molecule has 0 N–H and O–H groups in total. The van der Waals surface area contributed by atoms with E-state index in [1.165, 1.54) is 10.9 Å². The average Bonchev–Trinajstić information content (AvgIpc) is 3.63. The fourth-order valence-electron chi connectivity index (χ4n) is 7.30. The van der Waals surface area contributed by atoms with Crippen LogP contribution in [0.3, 0.4) is 0 Å². The molecule has 0 fully saturated rings. The molecule has 0 aliphatic rings. The van der Waals surface area contributed by atoms with Crippen LogP contribution in [0.1, 0.15) is 0 Å². The lowest BCUT2D eigenvalue weighted by Gasteiger charge is -2.10. The molecule has 0 unspecified atom stereocenters. The number of furan rings is 1. The van der Waals surface area contributed by atoms with Crippen molar-refractivity contribution in [1.82, 2.24) is 15.0 Å². The van der Waals surface area contributed by atoms with E-state index in [4.69, 9.17) is 19.4 Å². The van der Waals surface area contributed by atoms with Gasteiger partial charge in [-0.1, -0.05) is 182 Å². The maximum atomic E-state index is 6.71. The van der Waals surface area contributed by atoms with Gasteiger partial charge in [0, 0.05) is 38.4 Å². The van der Waals surface area contributed by atoms with Gasteiger partial charge in [0.05, 0.1) is 0 Å². The van der Waals surface area contributed by atoms with Gasteiger partial charge in [0.25, 0.3) is 0 Å². The molecule has 0 spiro atoms. The van der Waals surface area contributed by atoms with E-state index in [2.05, 4.69) is 121 Å². The van der Waals surface area contributed by atoms with E-state index in [1.54, 1.807) is 0 Å². The summed E-state index contributed by atoms with van der Waals surface area (Å²) in [6, 6.07) is 65.2. The summed E-state index contributed by atoms with van der Waals surface area (Å²) in [6.07, 6.45) is 0. The Kier molecular flexibility index (Phi) is 7.43.